The molecule has 2 fully saturated rings. The summed E-state index contributed by atoms with van der Waals surface area (Å²) in [6.45, 7) is 3.18. The average Bonchev–Trinajstić information content (AvgIpc) is 3.26. The van der Waals surface area contributed by atoms with E-state index in [4.69, 9.17) is 0 Å². The second kappa shape index (κ2) is 5.95. The van der Waals surface area contributed by atoms with Gasteiger partial charge in [0.25, 0.3) is 0 Å². The molecule has 1 N–H and O–H groups in total. The Morgan fingerprint density at radius 3 is 2.38 bits per heavy atom. The van der Waals surface area contributed by atoms with Crippen LogP contribution in [0, 0.1) is 5.41 Å². The predicted molar refractivity (Wildman–Crippen MR) is 93.0 cm³/mol. The zero-order valence-electron chi connectivity index (χ0n) is 13.5. The van der Waals surface area contributed by atoms with E-state index in [0.717, 1.165) is 37.1 Å². The van der Waals surface area contributed by atoms with Gasteiger partial charge in [-0.2, -0.15) is 4.31 Å². The van der Waals surface area contributed by atoms with Crippen LogP contribution in [0.1, 0.15) is 12.8 Å². The molecule has 0 aliphatic carbocycles. The van der Waals surface area contributed by atoms with E-state index < -0.39 is 10.0 Å². The van der Waals surface area contributed by atoms with Crippen molar-refractivity contribution < 1.29 is 8.42 Å². The van der Waals surface area contributed by atoms with Gasteiger partial charge in [-0.3, -0.25) is 4.98 Å². The Labute approximate surface area is 142 Å². The van der Waals surface area contributed by atoms with Gasteiger partial charge in [-0.05, 0) is 60.2 Å². The number of sulfonamides is 1. The van der Waals surface area contributed by atoms with E-state index in [9.17, 15) is 8.42 Å². The monoisotopic (exact) mass is 343 g/mol. The lowest BCUT2D eigenvalue weighted by Gasteiger charge is -2.22. The Morgan fingerprint density at radius 1 is 1.00 bits per heavy atom. The van der Waals surface area contributed by atoms with Crippen molar-refractivity contribution in [2.24, 2.45) is 5.41 Å². The molecule has 2 saturated heterocycles. The molecule has 0 amide bonds. The fourth-order valence-corrected chi connectivity index (χ4v) is 5.31. The quantitative estimate of drug-likeness (QED) is 0.927. The van der Waals surface area contributed by atoms with Gasteiger partial charge in [-0.1, -0.05) is 12.1 Å². The van der Waals surface area contributed by atoms with Crippen molar-refractivity contribution >= 4 is 10.0 Å². The van der Waals surface area contributed by atoms with Crippen LogP contribution in [0.3, 0.4) is 0 Å². The zero-order valence-corrected chi connectivity index (χ0v) is 14.3. The molecular weight excluding hydrogens is 322 g/mol. The van der Waals surface area contributed by atoms with Gasteiger partial charge in [-0.25, -0.2) is 8.42 Å². The van der Waals surface area contributed by atoms with Crippen molar-refractivity contribution in [2.75, 3.05) is 26.2 Å². The van der Waals surface area contributed by atoms with Crippen LogP contribution in [0.15, 0.2) is 53.7 Å². The van der Waals surface area contributed by atoms with Crippen molar-refractivity contribution in [2.45, 2.75) is 17.7 Å². The van der Waals surface area contributed by atoms with Gasteiger partial charge in [0.05, 0.1) is 4.90 Å². The standard InChI is InChI=1S/C18H21N3O2S/c22-24(23,21-12-8-18(14-21)7-11-20-13-18)17-3-1-15(2-4-17)16-5-9-19-10-6-16/h1-6,9-10,20H,7-8,11-14H2. The smallest absolute Gasteiger partial charge is 0.243 e. The molecule has 126 valence electrons. The molecule has 5 nitrogen and oxygen atoms in total. The van der Waals surface area contributed by atoms with Crippen LogP contribution >= 0.6 is 0 Å². The third kappa shape index (κ3) is 2.75. The average molecular weight is 343 g/mol. The van der Waals surface area contributed by atoms with E-state index in [1.807, 2.05) is 24.3 Å². The first-order chi connectivity index (χ1) is 11.6. The molecule has 2 aliphatic heterocycles. The van der Waals surface area contributed by atoms with Crippen molar-refractivity contribution in [3.8, 4) is 11.1 Å². The van der Waals surface area contributed by atoms with Crippen LogP contribution in [0.4, 0.5) is 0 Å². The maximum Gasteiger partial charge on any atom is 0.243 e. The molecule has 1 aromatic carbocycles. The van der Waals surface area contributed by atoms with Gasteiger partial charge in [0, 0.05) is 32.0 Å². The maximum absolute atomic E-state index is 12.9. The topological polar surface area (TPSA) is 62.3 Å². The van der Waals surface area contributed by atoms with Crippen LogP contribution < -0.4 is 5.32 Å². The molecule has 0 bridgehead atoms. The highest BCUT2D eigenvalue weighted by atomic mass is 32.2. The highest BCUT2D eigenvalue weighted by Gasteiger charge is 2.44. The number of nitrogens with zero attached hydrogens (tertiary/aromatic N) is 2. The number of hydrogen-bond donors (Lipinski definition) is 1. The minimum atomic E-state index is -3.41. The first-order valence-electron chi connectivity index (χ1n) is 8.31. The van der Waals surface area contributed by atoms with Crippen LogP contribution in [0.25, 0.3) is 11.1 Å². The lowest BCUT2D eigenvalue weighted by atomic mass is 9.87. The third-order valence-electron chi connectivity index (χ3n) is 5.24. The molecule has 1 aromatic heterocycles. The van der Waals surface area contributed by atoms with Gasteiger partial charge < -0.3 is 5.32 Å². The van der Waals surface area contributed by atoms with E-state index in [1.54, 1.807) is 28.8 Å². The summed E-state index contributed by atoms with van der Waals surface area (Å²) in [7, 11) is -3.41. The Morgan fingerprint density at radius 2 is 1.71 bits per heavy atom. The number of benzene rings is 1. The van der Waals surface area contributed by atoms with Crippen LogP contribution in [-0.2, 0) is 10.0 Å². The van der Waals surface area contributed by atoms with Gasteiger partial charge >= 0.3 is 0 Å². The fourth-order valence-electron chi connectivity index (χ4n) is 3.76. The zero-order chi connectivity index (χ0) is 16.6. The van der Waals surface area contributed by atoms with E-state index in [-0.39, 0.29) is 5.41 Å². The minimum Gasteiger partial charge on any atom is -0.316 e. The van der Waals surface area contributed by atoms with E-state index in [0.29, 0.717) is 18.0 Å². The van der Waals surface area contributed by atoms with Crippen LogP contribution in [0.2, 0.25) is 0 Å². The first kappa shape index (κ1) is 15.7. The van der Waals surface area contributed by atoms with Crippen molar-refractivity contribution in [1.29, 1.82) is 0 Å². The molecule has 2 aliphatic rings. The lowest BCUT2D eigenvalue weighted by Crippen LogP contribution is -2.33. The fraction of sp³-hybridized carbons (Fsp3) is 0.389. The summed E-state index contributed by atoms with van der Waals surface area (Å²) in [5.41, 5.74) is 2.17. The Kier molecular flexibility index (Phi) is 3.90. The molecule has 6 heteroatoms. The Balaban J connectivity index is 1.57. The molecule has 0 radical (unpaired) electrons. The van der Waals surface area contributed by atoms with E-state index in [2.05, 4.69) is 10.3 Å². The molecule has 2 aromatic rings. The number of pyridine rings is 1. The normalized spacial score (nSPS) is 24.7. The third-order valence-corrected chi connectivity index (χ3v) is 7.10. The summed E-state index contributed by atoms with van der Waals surface area (Å²) in [5, 5.41) is 3.37. The first-order valence-corrected chi connectivity index (χ1v) is 9.75. The molecule has 1 unspecified atom stereocenters. The SMILES string of the molecule is O=S(=O)(c1ccc(-c2ccncc2)cc1)N1CCC2(CCNC2)C1. The number of rotatable bonds is 3. The lowest BCUT2D eigenvalue weighted by molar-refractivity contribution is 0.338. The Hall–Kier alpha value is -1.76. The molecule has 1 spiro atoms. The van der Waals surface area contributed by atoms with Crippen molar-refractivity contribution in [1.82, 2.24) is 14.6 Å². The second-order valence-electron chi connectivity index (χ2n) is 6.78. The molecular formula is C18H21N3O2S. The van der Waals surface area contributed by atoms with E-state index >= 15 is 0 Å². The highest BCUT2D eigenvalue weighted by molar-refractivity contribution is 7.89. The molecule has 0 saturated carbocycles. The summed E-state index contributed by atoms with van der Waals surface area (Å²) >= 11 is 0. The number of hydrogen-bond acceptors (Lipinski definition) is 4. The molecule has 3 heterocycles. The molecule has 4 rings (SSSR count). The summed E-state index contributed by atoms with van der Waals surface area (Å²) in [4.78, 5) is 4.39. The summed E-state index contributed by atoms with van der Waals surface area (Å²) in [6, 6.07) is 11.0. The largest absolute Gasteiger partial charge is 0.316 e. The summed E-state index contributed by atoms with van der Waals surface area (Å²) < 4.78 is 27.5. The van der Waals surface area contributed by atoms with E-state index in [1.165, 1.54) is 0 Å². The highest BCUT2D eigenvalue weighted by Crippen LogP contribution is 2.38. The molecule has 24 heavy (non-hydrogen) atoms. The van der Waals surface area contributed by atoms with Gasteiger partial charge in [0.1, 0.15) is 0 Å². The second-order valence-corrected chi connectivity index (χ2v) is 8.71. The van der Waals surface area contributed by atoms with Crippen LogP contribution in [0.5, 0.6) is 0 Å². The van der Waals surface area contributed by atoms with Crippen molar-refractivity contribution in [3.05, 3.63) is 48.8 Å². The minimum absolute atomic E-state index is 0.143. The number of nitrogens with one attached hydrogen (secondary N) is 1. The van der Waals surface area contributed by atoms with Crippen molar-refractivity contribution in [3.63, 3.8) is 0 Å². The summed E-state index contributed by atoms with van der Waals surface area (Å²) in [6.07, 6.45) is 5.49. The van der Waals surface area contributed by atoms with Gasteiger partial charge in [-0.15, -0.1) is 0 Å². The maximum atomic E-state index is 12.9. The van der Waals surface area contributed by atoms with Gasteiger partial charge in [0.2, 0.25) is 10.0 Å². The number of aromatic nitrogens is 1. The van der Waals surface area contributed by atoms with Crippen LogP contribution in [-0.4, -0.2) is 43.9 Å². The Bertz CT molecular complexity index is 813. The predicted octanol–water partition coefficient (Wildman–Crippen LogP) is 2.12. The summed E-state index contributed by atoms with van der Waals surface area (Å²) in [5.74, 6) is 0. The van der Waals surface area contributed by atoms with Gasteiger partial charge in [0.15, 0.2) is 0 Å². The molecule has 1 atom stereocenters.